The molecule has 2 heterocycles. The molecule has 1 aliphatic heterocycles. The monoisotopic (exact) mass is 399 g/mol. The summed E-state index contributed by atoms with van der Waals surface area (Å²) >= 11 is 1.48. The van der Waals surface area contributed by atoms with Crippen molar-refractivity contribution in [2.75, 3.05) is 18.4 Å². The Morgan fingerprint density at radius 1 is 1.04 bits per heavy atom. The lowest BCUT2D eigenvalue weighted by Crippen LogP contribution is -2.28. The SMILES string of the molecule is O=C1CCN(S(=O)(=O)c2ccc(Nc3nc(-c4ccccc4)cs3)cc2)C1. The van der Waals surface area contributed by atoms with E-state index in [1.807, 2.05) is 35.7 Å². The van der Waals surface area contributed by atoms with E-state index in [4.69, 9.17) is 0 Å². The van der Waals surface area contributed by atoms with Gasteiger partial charge in [-0.25, -0.2) is 13.4 Å². The summed E-state index contributed by atoms with van der Waals surface area (Å²) in [4.78, 5) is 16.1. The molecule has 0 radical (unpaired) electrons. The lowest BCUT2D eigenvalue weighted by molar-refractivity contribution is -0.116. The Kier molecular flexibility index (Phi) is 4.77. The number of thiazole rings is 1. The maximum absolute atomic E-state index is 12.6. The minimum absolute atomic E-state index is 0.0380. The number of aromatic nitrogens is 1. The Labute approximate surface area is 161 Å². The van der Waals surface area contributed by atoms with Crippen molar-refractivity contribution in [2.45, 2.75) is 11.3 Å². The van der Waals surface area contributed by atoms with Crippen LogP contribution in [-0.2, 0) is 14.8 Å². The van der Waals surface area contributed by atoms with Crippen molar-refractivity contribution >= 4 is 38.0 Å². The number of nitrogens with zero attached hydrogens (tertiary/aromatic N) is 2. The zero-order valence-corrected chi connectivity index (χ0v) is 16.0. The van der Waals surface area contributed by atoms with Crippen molar-refractivity contribution in [3.05, 3.63) is 60.0 Å². The highest BCUT2D eigenvalue weighted by Crippen LogP contribution is 2.28. The number of nitrogens with one attached hydrogen (secondary N) is 1. The van der Waals surface area contributed by atoms with E-state index in [-0.39, 0.29) is 30.2 Å². The van der Waals surface area contributed by atoms with Crippen LogP contribution >= 0.6 is 11.3 Å². The minimum Gasteiger partial charge on any atom is -0.332 e. The van der Waals surface area contributed by atoms with Crippen molar-refractivity contribution < 1.29 is 13.2 Å². The standard InChI is InChI=1S/C19H17N3O3S2/c23-16-10-11-22(12-16)27(24,25)17-8-6-15(7-9-17)20-19-21-18(13-26-19)14-4-2-1-3-5-14/h1-9,13H,10-12H2,(H,20,21). The fraction of sp³-hybridized carbons (Fsp3) is 0.158. The Morgan fingerprint density at radius 3 is 2.44 bits per heavy atom. The smallest absolute Gasteiger partial charge is 0.243 e. The first-order chi connectivity index (χ1) is 13.0. The second-order valence-corrected chi connectivity index (χ2v) is 8.98. The lowest BCUT2D eigenvalue weighted by atomic mass is 10.2. The molecule has 3 aromatic rings. The third-order valence-electron chi connectivity index (χ3n) is 4.31. The molecule has 2 aromatic carbocycles. The zero-order chi connectivity index (χ0) is 18.9. The molecular formula is C19H17N3O3S2. The van der Waals surface area contributed by atoms with Crippen LogP contribution in [0.4, 0.5) is 10.8 Å². The lowest BCUT2D eigenvalue weighted by Gasteiger charge is -2.14. The number of carbonyl (C=O) groups is 1. The van der Waals surface area contributed by atoms with Gasteiger partial charge in [-0.05, 0) is 24.3 Å². The van der Waals surface area contributed by atoms with E-state index in [0.717, 1.165) is 22.1 Å². The number of Topliss-reactive ketones (excluding diaryl/α,β-unsaturated/α-hetero) is 1. The quantitative estimate of drug-likeness (QED) is 0.710. The molecule has 0 unspecified atom stereocenters. The molecule has 1 fully saturated rings. The van der Waals surface area contributed by atoms with Gasteiger partial charge < -0.3 is 5.32 Å². The molecule has 8 heteroatoms. The van der Waals surface area contributed by atoms with E-state index in [1.54, 1.807) is 24.3 Å². The maximum atomic E-state index is 12.6. The molecule has 1 aromatic heterocycles. The van der Waals surface area contributed by atoms with Crippen molar-refractivity contribution in [3.63, 3.8) is 0 Å². The van der Waals surface area contributed by atoms with E-state index in [0.29, 0.717) is 0 Å². The predicted octanol–water partition coefficient (Wildman–Crippen LogP) is 3.52. The van der Waals surface area contributed by atoms with Gasteiger partial charge in [0.25, 0.3) is 0 Å². The largest absolute Gasteiger partial charge is 0.332 e. The third kappa shape index (κ3) is 3.78. The van der Waals surface area contributed by atoms with Crippen LogP contribution in [-0.4, -0.2) is 36.6 Å². The average Bonchev–Trinajstić information content (AvgIpc) is 3.32. The van der Waals surface area contributed by atoms with Crippen molar-refractivity contribution in [2.24, 2.45) is 0 Å². The average molecular weight is 399 g/mol. The summed E-state index contributed by atoms with van der Waals surface area (Å²) in [6.45, 7) is 0.215. The number of benzene rings is 2. The van der Waals surface area contributed by atoms with Crippen LogP contribution in [0.25, 0.3) is 11.3 Å². The first kappa shape index (κ1) is 17.8. The molecule has 27 heavy (non-hydrogen) atoms. The molecule has 4 rings (SSSR count). The Balaban J connectivity index is 1.49. The number of hydrogen-bond acceptors (Lipinski definition) is 6. The Hall–Kier alpha value is -2.55. The second kappa shape index (κ2) is 7.22. The van der Waals surface area contributed by atoms with Gasteiger partial charge in [0.15, 0.2) is 5.13 Å². The number of ketones is 1. The zero-order valence-electron chi connectivity index (χ0n) is 14.3. The number of sulfonamides is 1. The van der Waals surface area contributed by atoms with Crippen LogP contribution in [0.3, 0.4) is 0 Å². The van der Waals surface area contributed by atoms with Gasteiger partial charge >= 0.3 is 0 Å². The highest BCUT2D eigenvalue weighted by molar-refractivity contribution is 7.89. The summed E-state index contributed by atoms with van der Waals surface area (Å²) in [5, 5.41) is 5.90. The number of anilines is 2. The van der Waals surface area contributed by atoms with Crippen LogP contribution in [0.2, 0.25) is 0 Å². The number of carbonyl (C=O) groups excluding carboxylic acids is 1. The highest BCUT2D eigenvalue weighted by atomic mass is 32.2. The van der Waals surface area contributed by atoms with Gasteiger partial charge in [0.1, 0.15) is 5.78 Å². The first-order valence-corrected chi connectivity index (χ1v) is 10.7. The van der Waals surface area contributed by atoms with Gasteiger partial charge in [-0.15, -0.1) is 11.3 Å². The number of hydrogen-bond donors (Lipinski definition) is 1. The van der Waals surface area contributed by atoms with E-state index in [9.17, 15) is 13.2 Å². The Bertz CT molecular complexity index is 1060. The molecule has 0 amide bonds. The molecule has 138 valence electrons. The molecular weight excluding hydrogens is 382 g/mol. The van der Waals surface area contributed by atoms with Crippen LogP contribution in [0.15, 0.2) is 64.9 Å². The fourth-order valence-corrected chi connectivity index (χ4v) is 5.03. The minimum atomic E-state index is -3.62. The summed E-state index contributed by atoms with van der Waals surface area (Å²) in [5.74, 6) is -0.0464. The molecule has 1 aliphatic rings. The van der Waals surface area contributed by atoms with Gasteiger partial charge in [-0.1, -0.05) is 30.3 Å². The summed E-state index contributed by atoms with van der Waals surface area (Å²) in [5.41, 5.74) is 2.69. The van der Waals surface area contributed by atoms with Gasteiger partial charge in [-0.3, -0.25) is 4.79 Å². The third-order valence-corrected chi connectivity index (χ3v) is 6.93. The van der Waals surface area contributed by atoms with E-state index >= 15 is 0 Å². The van der Waals surface area contributed by atoms with E-state index < -0.39 is 10.0 Å². The molecule has 0 saturated carbocycles. The number of rotatable bonds is 5. The second-order valence-electron chi connectivity index (χ2n) is 6.18. The van der Waals surface area contributed by atoms with Crippen LogP contribution < -0.4 is 5.32 Å². The molecule has 1 saturated heterocycles. The van der Waals surface area contributed by atoms with Crippen LogP contribution in [0, 0.1) is 0 Å². The molecule has 1 N–H and O–H groups in total. The summed E-state index contributed by atoms with van der Waals surface area (Å²) in [7, 11) is -3.62. The van der Waals surface area contributed by atoms with Gasteiger partial charge in [0.05, 0.1) is 17.1 Å². The van der Waals surface area contributed by atoms with Crippen LogP contribution in [0.5, 0.6) is 0 Å². The predicted molar refractivity (Wildman–Crippen MR) is 106 cm³/mol. The van der Waals surface area contributed by atoms with Crippen molar-refractivity contribution in [3.8, 4) is 11.3 Å². The van der Waals surface area contributed by atoms with Gasteiger partial charge in [0.2, 0.25) is 10.0 Å². The maximum Gasteiger partial charge on any atom is 0.243 e. The van der Waals surface area contributed by atoms with Crippen molar-refractivity contribution in [1.82, 2.24) is 9.29 Å². The molecule has 0 spiro atoms. The Morgan fingerprint density at radius 2 is 1.78 bits per heavy atom. The highest BCUT2D eigenvalue weighted by Gasteiger charge is 2.31. The fourth-order valence-electron chi connectivity index (χ4n) is 2.86. The molecule has 0 bridgehead atoms. The topological polar surface area (TPSA) is 79.4 Å². The van der Waals surface area contributed by atoms with Gasteiger partial charge in [0, 0.05) is 29.6 Å². The summed E-state index contributed by atoms with van der Waals surface area (Å²) in [6.07, 6.45) is 0.284. The normalized spacial score (nSPS) is 15.2. The summed E-state index contributed by atoms with van der Waals surface area (Å²) < 4.78 is 26.3. The molecule has 0 aliphatic carbocycles. The van der Waals surface area contributed by atoms with Crippen molar-refractivity contribution in [1.29, 1.82) is 0 Å². The van der Waals surface area contributed by atoms with Crippen LogP contribution in [0.1, 0.15) is 6.42 Å². The molecule has 0 atom stereocenters. The first-order valence-electron chi connectivity index (χ1n) is 8.42. The van der Waals surface area contributed by atoms with E-state index in [2.05, 4.69) is 10.3 Å². The van der Waals surface area contributed by atoms with E-state index in [1.165, 1.54) is 15.6 Å². The van der Waals surface area contributed by atoms with Gasteiger partial charge in [-0.2, -0.15) is 4.31 Å². The summed E-state index contributed by atoms with van der Waals surface area (Å²) in [6, 6.07) is 16.4. The molecule has 6 nitrogen and oxygen atoms in total.